The lowest BCUT2D eigenvalue weighted by Gasteiger charge is -2.16. The van der Waals surface area contributed by atoms with Crippen molar-refractivity contribution in [2.24, 2.45) is 0 Å². The Kier molecular flexibility index (Phi) is 5.54. The highest BCUT2D eigenvalue weighted by Gasteiger charge is 2.27. The highest BCUT2D eigenvalue weighted by Crippen LogP contribution is 2.35. The van der Waals surface area contributed by atoms with Gasteiger partial charge in [0.1, 0.15) is 11.5 Å². The number of thioether (sulfide) groups is 1. The first-order valence-corrected chi connectivity index (χ1v) is 10.8. The zero-order chi connectivity index (χ0) is 14.5. The molecule has 1 saturated heterocycles. The summed E-state index contributed by atoms with van der Waals surface area (Å²) in [5, 5.41) is 3.00. The number of hydrogen-bond donors (Lipinski definition) is 0. The van der Waals surface area contributed by atoms with Gasteiger partial charge >= 0.3 is 0 Å². The maximum atomic E-state index is 2.44. The standard InChI is InChI=1S/C19H25S2/c1-2-3-13-20-18-11-12-19(21-14-7-4-8-15-21)17-10-6-5-9-16(17)18/h5-6,9-12H,2-4,7-8,13-15H2,1H3/q+1. The minimum Gasteiger partial charge on any atom is -0.126 e. The van der Waals surface area contributed by atoms with Gasteiger partial charge in [0, 0.05) is 26.6 Å². The van der Waals surface area contributed by atoms with Gasteiger partial charge in [-0.1, -0.05) is 31.5 Å². The van der Waals surface area contributed by atoms with E-state index >= 15 is 0 Å². The van der Waals surface area contributed by atoms with Crippen LogP contribution in [0.15, 0.2) is 46.2 Å². The molecule has 0 atom stereocenters. The minimum atomic E-state index is 0.493. The van der Waals surface area contributed by atoms with Crippen LogP contribution in [0.5, 0.6) is 0 Å². The molecule has 1 aliphatic rings. The molecule has 1 aliphatic heterocycles. The average Bonchev–Trinajstić information content (AvgIpc) is 2.56. The molecule has 0 radical (unpaired) electrons. The summed E-state index contributed by atoms with van der Waals surface area (Å²) in [6, 6.07) is 13.9. The van der Waals surface area contributed by atoms with E-state index in [9.17, 15) is 0 Å². The Bertz CT molecular complexity index is 585. The topological polar surface area (TPSA) is 0 Å². The normalized spacial score (nSPS) is 16.4. The van der Waals surface area contributed by atoms with Gasteiger partial charge in [0.05, 0.1) is 0 Å². The van der Waals surface area contributed by atoms with Crippen LogP contribution >= 0.6 is 11.8 Å². The van der Waals surface area contributed by atoms with E-state index in [0.29, 0.717) is 10.9 Å². The van der Waals surface area contributed by atoms with E-state index in [1.54, 1.807) is 4.90 Å². The van der Waals surface area contributed by atoms with Crippen molar-refractivity contribution in [3.8, 4) is 0 Å². The predicted molar refractivity (Wildman–Crippen MR) is 98.8 cm³/mol. The SMILES string of the molecule is CCCCSc1ccc([S+]2CCCCC2)c2ccccc12. The number of hydrogen-bond acceptors (Lipinski definition) is 1. The summed E-state index contributed by atoms with van der Waals surface area (Å²) in [6.07, 6.45) is 6.87. The summed E-state index contributed by atoms with van der Waals surface area (Å²) in [7, 11) is 0.493. The number of unbranched alkanes of at least 4 members (excludes halogenated alkanes) is 1. The number of fused-ring (bicyclic) bond motifs is 1. The summed E-state index contributed by atoms with van der Waals surface area (Å²) in [5.74, 6) is 4.06. The molecule has 0 spiro atoms. The van der Waals surface area contributed by atoms with Crippen molar-refractivity contribution in [3.63, 3.8) is 0 Å². The van der Waals surface area contributed by atoms with Crippen LogP contribution in [0.3, 0.4) is 0 Å². The van der Waals surface area contributed by atoms with Gasteiger partial charge in [-0.2, -0.15) is 0 Å². The molecule has 2 aromatic rings. The van der Waals surface area contributed by atoms with Crippen LogP contribution in [0, 0.1) is 0 Å². The molecular weight excluding hydrogens is 292 g/mol. The number of rotatable bonds is 5. The van der Waals surface area contributed by atoms with Crippen molar-refractivity contribution < 1.29 is 0 Å². The van der Waals surface area contributed by atoms with E-state index in [-0.39, 0.29) is 0 Å². The summed E-state index contributed by atoms with van der Waals surface area (Å²) in [6.45, 7) is 2.27. The van der Waals surface area contributed by atoms with Crippen LogP contribution in [-0.4, -0.2) is 17.3 Å². The highest BCUT2D eigenvalue weighted by atomic mass is 32.2. The molecule has 0 N–H and O–H groups in total. The molecule has 1 fully saturated rings. The molecule has 3 rings (SSSR count). The quantitative estimate of drug-likeness (QED) is 0.376. The molecule has 1 heterocycles. The van der Waals surface area contributed by atoms with Gasteiger partial charge in [-0.05, 0) is 49.6 Å². The third-order valence-electron chi connectivity index (χ3n) is 4.19. The van der Waals surface area contributed by atoms with Gasteiger partial charge in [-0.15, -0.1) is 11.8 Å². The van der Waals surface area contributed by atoms with Crippen molar-refractivity contribution in [2.45, 2.75) is 48.8 Å². The molecule has 2 heteroatoms. The molecule has 0 unspecified atom stereocenters. The summed E-state index contributed by atoms with van der Waals surface area (Å²) in [4.78, 5) is 3.11. The lowest BCUT2D eigenvalue weighted by atomic mass is 10.1. The largest absolute Gasteiger partial charge is 0.162 e. The van der Waals surface area contributed by atoms with E-state index in [2.05, 4.69) is 43.3 Å². The molecule has 0 aliphatic carbocycles. The van der Waals surface area contributed by atoms with Gasteiger partial charge in [0.25, 0.3) is 0 Å². The van der Waals surface area contributed by atoms with E-state index in [1.165, 1.54) is 65.0 Å². The zero-order valence-corrected chi connectivity index (χ0v) is 14.6. The van der Waals surface area contributed by atoms with E-state index < -0.39 is 0 Å². The molecule has 21 heavy (non-hydrogen) atoms. The fourth-order valence-corrected chi connectivity index (χ4v) is 6.65. The summed E-state index contributed by atoms with van der Waals surface area (Å²) in [5.41, 5.74) is 0. The van der Waals surface area contributed by atoms with Crippen LogP contribution in [-0.2, 0) is 10.9 Å². The Hall–Kier alpha value is -0.600. The van der Waals surface area contributed by atoms with Crippen molar-refractivity contribution in [1.82, 2.24) is 0 Å². The first kappa shape index (κ1) is 15.3. The molecule has 0 saturated carbocycles. The van der Waals surface area contributed by atoms with Crippen LogP contribution < -0.4 is 0 Å². The molecule has 0 amide bonds. The Morgan fingerprint density at radius 1 is 0.952 bits per heavy atom. The molecule has 0 aromatic heterocycles. The minimum absolute atomic E-state index is 0.493. The summed E-state index contributed by atoms with van der Waals surface area (Å²) < 4.78 is 0. The monoisotopic (exact) mass is 317 g/mol. The molecule has 2 aromatic carbocycles. The number of benzene rings is 2. The Labute approximate surface area is 136 Å². The average molecular weight is 318 g/mol. The second-order valence-electron chi connectivity index (χ2n) is 5.77. The Morgan fingerprint density at radius 3 is 2.48 bits per heavy atom. The van der Waals surface area contributed by atoms with Crippen molar-refractivity contribution in [2.75, 3.05) is 17.3 Å². The molecule has 0 bridgehead atoms. The third kappa shape index (κ3) is 3.60. The van der Waals surface area contributed by atoms with Crippen LogP contribution in [0.4, 0.5) is 0 Å². The van der Waals surface area contributed by atoms with Crippen molar-refractivity contribution >= 4 is 33.4 Å². The molecule has 112 valence electrons. The maximum Gasteiger partial charge on any atom is 0.162 e. The maximum absolute atomic E-state index is 2.44. The predicted octanol–water partition coefficient (Wildman–Crippen LogP) is 5.89. The fraction of sp³-hybridized carbons (Fsp3) is 0.474. The van der Waals surface area contributed by atoms with E-state index in [4.69, 9.17) is 0 Å². The molecule has 0 nitrogen and oxygen atoms in total. The van der Waals surface area contributed by atoms with Gasteiger partial charge in [-0.25, -0.2) is 0 Å². The van der Waals surface area contributed by atoms with E-state index in [1.807, 2.05) is 11.8 Å². The Balaban J connectivity index is 1.93. The third-order valence-corrected chi connectivity index (χ3v) is 7.89. The van der Waals surface area contributed by atoms with Crippen LogP contribution in [0.2, 0.25) is 0 Å². The van der Waals surface area contributed by atoms with Crippen LogP contribution in [0.1, 0.15) is 39.0 Å². The van der Waals surface area contributed by atoms with Gasteiger partial charge < -0.3 is 0 Å². The van der Waals surface area contributed by atoms with Crippen molar-refractivity contribution in [3.05, 3.63) is 36.4 Å². The van der Waals surface area contributed by atoms with E-state index in [0.717, 1.165) is 0 Å². The Morgan fingerprint density at radius 2 is 1.71 bits per heavy atom. The van der Waals surface area contributed by atoms with Gasteiger partial charge in [0.15, 0.2) is 4.90 Å². The molecular formula is C19H25S2+. The van der Waals surface area contributed by atoms with Crippen LogP contribution in [0.25, 0.3) is 10.8 Å². The van der Waals surface area contributed by atoms with Crippen molar-refractivity contribution in [1.29, 1.82) is 0 Å². The van der Waals surface area contributed by atoms with Gasteiger partial charge in [-0.3, -0.25) is 0 Å². The lowest BCUT2D eigenvalue weighted by Crippen LogP contribution is -2.17. The zero-order valence-electron chi connectivity index (χ0n) is 12.9. The first-order valence-electron chi connectivity index (χ1n) is 8.22. The second-order valence-corrected chi connectivity index (χ2v) is 9.15. The fourth-order valence-electron chi connectivity index (χ4n) is 3.00. The second kappa shape index (κ2) is 7.60. The summed E-state index contributed by atoms with van der Waals surface area (Å²) >= 11 is 2.03. The van der Waals surface area contributed by atoms with Gasteiger partial charge in [0.2, 0.25) is 0 Å². The first-order chi connectivity index (χ1) is 10.4. The highest BCUT2D eigenvalue weighted by molar-refractivity contribution is 7.99. The smallest absolute Gasteiger partial charge is 0.126 e. The lowest BCUT2D eigenvalue weighted by molar-refractivity contribution is 0.756.